The summed E-state index contributed by atoms with van der Waals surface area (Å²) in [4.78, 5) is 2.51. The summed E-state index contributed by atoms with van der Waals surface area (Å²) in [6.45, 7) is 2.45. The fourth-order valence-electron chi connectivity index (χ4n) is 3.97. The molecule has 3 aromatic rings. The highest BCUT2D eigenvalue weighted by Crippen LogP contribution is 2.22. The summed E-state index contributed by atoms with van der Waals surface area (Å²) in [5.41, 5.74) is 3.14. The topological polar surface area (TPSA) is 78.9 Å². The van der Waals surface area contributed by atoms with Gasteiger partial charge in [0.25, 0.3) is 0 Å². The van der Waals surface area contributed by atoms with E-state index in [2.05, 4.69) is 9.62 Å². The predicted molar refractivity (Wildman–Crippen MR) is 125 cm³/mol. The highest BCUT2D eigenvalue weighted by molar-refractivity contribution is 7.89. The van der Waals surface area contributed by atoms with Crippen molar-refractivity contribution in [3.63, 3.8) is 0 Å². The van der Waals surface area contributed by atoms with E-state index in [1.54, 1.807) is 12.1 Å². The quantitative estimate of drug-likeness (QED) is 0.521. The van der Waals surface area contributed by atoms with E-state index in [9.17, 15) is 8.42 Å². The van der Waals surface area contributed by atoms with Crippen molar-refractivity contribution in [1.29, 1.82) is 0 Å². The Hall–Kier alpha value is -2.71. The molecular formula is C25H28N2O4S. The average molecular weight is 453 g/mol. The lowest BCUT2D eigenvalue weighted by atomic mass is 10.1. The molecule has 0 spiro atoms. The van der Waals surface area contributed by atoms with Crippen molar-refractivity contribution >= 4 is 10.0 Å². The largest absolute Gasteiger partial charge is 0.491 e. The summed E-state index contributed by atoms with van der Waals surface area (Å²) in [7, 11) is -3.58. The van der Waals surface area contributed by atoms with Crippen molar-refractivity contribution in [1.82, 2.24) is 9.62 Å². The third-order valence-corrected chi connectivity index (χ3v) is 7.07. The van der Waals surface area contributed by atoms with E-state index >= 15 is 0 Å². The molecular weight excluding hydrogens is 424 g/mol. The number of nitrogens with one attached hydrogen (secondary N) is 1. The molecule has 1 saturated heterocycles. The molecule has 168 valence electrons. The molecule has 1 fully saturated rings. The van der Waals surface area contributed by atoms with Crippen molar-refractivity contribution in [2.75, 3.05) is 26.3 Å². The minimum absolute atomic E-state index is 0.0207. The first kappa shape index (κ1) is 22.5. The van der Waals surface area contributed by atoms with Gasteiger partial charge in [0.05, 0.1) is 11.5 Å². The summed E-state index contributed by atoms with van der Waals surface area (Å²) in [5.74, 6) is 0.729. The van der Waals surface area contributed by atoms with E-state index in [-0.39, 0.29) is 24.2 Å². The van der Waals surface area contributed by atoms with Crippen molar-refractivity contribution in [2.45, 2.75) is 23.9 Å². The van der Waals surface area contributed by atoms with E-state index in [4.69, 9.17) is 9.84 Å². The van der Waals surface area contributed by atoms with Crippen molar-refractivity contribution in [3.05, 3.63) is 84.4 Å². The van der Waals surface area contributed by atoms with Gasteiger partial charge in [-0.2, -0.15) is 0 Å². The Morgan fingerprint density at radius 3 is 2.47 bits per heavy atom. The molecule has 1 aliphatic rings. The average Bonchev–Trinajstić information content (AvgIpc) is 3.24. The van der Waals surface area contributed by atoms with E-state index in [1.165, 1.54) is 0 Å². The van der Waals surface area contributed by atoms with Gasteiger partial charge in [0.2, 0.25) is 10.0 Å². The molecule has 0 amide bonds. The summed E-state index contributed by atoms with van der Waals surface area (Å²) < 4.78 is 34.1. The molecule has 0 radical (unpaired) electrons. The third-order valence-electron chi connectivity index (χ3n) is 5.53. The van der Waals surface area contributed by atoms with Gasteiger partial charge in [-0.15, -0.1) is 0 Å². The number of hydrogen-bond donors (Lipinski definition) is 2. The number of sulfonamides is 1. The molecule has 7 heteroatoms. The normalized spacial score (nSPS) is 16.8. The number of likely N-dealkylation sites (tertiary alicyclic amines) is 1. The number of rotatable bonds is 9. The van der Waals surface area contributed by atoms with Gasteiger partial charge < -0.3 is 9.84 Å². The van der Waals surface area contributed by atoms with E-state index < -0.39 is 10.0 Å². The lowest BCUT2D eigenvalue weighted by molar-refractivity contribution is 0.201. The van der Waals surface area contributed by atoms with Crippen LogP contribution in [0.1, 0.15) is 12.0 Å². The molecule has 0 saturated carbocycles. The van der Waals surface area contributed by atoms with Crippen LogP contribution in [0.3, 0.4) is 0 Å². The lowest BCUT2D eigenvalue weighted by Gasteiger charge is -2.17. The minimum atomic E-state index is -3.58. The fourth-order valence-corrected chi connectivity index (χ4v) is 5.23. The molecule has 0 bridgehead atoms. The smallest absolute Gasteiger partial charge is 0.240 e. The zero-order valence-electron chi connectivity index (χ0n) is 17.9. The maximum absolute atomic E-state index is 12.9. The number of nitrogens with zero attached hydrogens (tertiary/aromatic N) is 1. The molecule has 1 heterocycles. The van der Waals surface area contributed by atoms with Crippen LogP contribution in [0, 0.1) is 0 Å². The first-order valence-corrected chi connectivity index (χ1v) is 12.2. The molecule has 3 aromatic carbocycles. The Kier molecular flexibility index (Phi) is 7.22. The summed E-state index contributed by atoms with van der Waals surface area (Å²) in [6, 6.07) is 24.6. The fraction of sp³-hybridized carbons (Fsp3) is 0.280. The van der Waals surface area contributed by atoms with Crippen LogP contribution >= 0.6 is 0 Å². The summed E-state index contributed by atoms with van der Waals surface area (Å²) in [6.07, 6.45) is 0.766. The van der Waals surface area contributed by atoms with Gasteiger partial charge in [-0.05, 0) is 47.4 Å². The maximum atomic E-state index is 12.9. The molecule has 0 aliphatic carbocycles. The second-order valence-electron chi connectivity index (χ2n) is 7.95. The number of hydrogen-bond acceptors (Lipinski definition) is 5. The van der Waals surface area contributed by atoms with Crippen molar-refractivity contribution < 1.29 is 18.3 Å². The monoisotopic (exact) mass is 452 g/mol. The van der Waals surface area contributed by atoms with Gasteiger partial charge in [0.1, 0.15) is 12.4 Å². The lowest BCUT2D eigenvalue weighted by Crippen LogP contribution is -2.36. The number of ether oxygens (including phenoxy) is 1. The molecule has 4 rings (SSSR count). The van der Waals surface area contributed by atoms with Crippen LogP contribution in [-0.2, 0) is 16.6 Å². The first-order chi connectivity index (χ1) is 15.5. The van der Waals surface area contributed by atoms with Gasteiger partial charge in [-0.25, -0.2) is 13.1 Å². The molecule has 2 N–H and O–H groups in total. The maximum Gasteiger partial charge on any atom is 0.240 e. The summed E-state index contributed by atoms with van der Waals surface area (Å²) >= 11 is 0. The van der Waals surface area contributed by atoms with Crippen LogP contribution in [0.4, 0.5) is 0 Å². The Balaban J connectivity index is 1.34. The molecule has 6 nitrogen and oxygen atoms in total. The number of aliphatic hydroxyl groups excluding tert-OH is 1. The molecule has 1 atom stereocenters. The van der Waals surface area contributed by atoms with Crippen LogP contribution in [-0.4, -0.2) is 50.8 Å². The van der Waals surface area contributed by atoms with Crippen LogP contribution in [0.2, 0.25) is 0 Å². The van der Waals surface area contributed by atoms with Gasteiger partial charge in [0.15, 0.2) is 0 Å². The molecule has 1 aliphatic heterocycles. The molecule has 0 aromatic heterocycles. The van der Waals surface area contributed by atoms with Gasteiger partial charge in [-0.1, -0.05) is 54.6 Å². The second kappa shape index (κ2) is 10.3. The first-order valence-electron chi connectivity index (χ1n) is 10.8. The van der Waals surface area contributed by atoms with Gasteiger partial charge in [0, 0.05) is 25.7 Å². The summed E-state index contributed by atoms with van der Waals surface area (Å²) in [5, 5.41) is 8.91. The Bertz CT molecular complexity index is 1120. The van der Waals surface area contributed by atoms with Crippen LogP contribution in [0.25, 0.3) is 11.1 Å². The highest BCUT2D eigenvalue weighted by Gasteiger charge is 2.27. The number of aliphatic hydroxyl groups is 1. The van der Waals surface area contributed by atoms with E-state index in [1.807, 2.05) is 66.7 Å². The Morgan fingerprint density at radius 2 is 1.72 bits per heavy atom. The van der Waals surface area contributed by atoms with Crippen molar-refractivity contribution in [2.24, 2.45) is 0 Å². The zero-order chi connectivity index (χ0) is 22.4. The molecule has 32 heavy (non-hydrogen) atoms. The van der Waals surface area contributed by atoms with Crippen molar-refractivity contribution in [3.8, 4) is 16.9 Å². The van der Waals surface area contributed by atoms with Crippen LogP contribution < -0.4 is 9.46 Å². The third kappa shape index (κ3) is 5.75. The standard InChI is InChI=1S/C25H28N2O4S/c28-15-16-31-24-8-4-5-20(17-24)18-27-14-13-23(19-27)26-32(29,30)25-11-9-22(10-12-25)21-6-2-1-3-7-21/h1-12,17,23,26,28H,13-16,18-19H2/t23-/m1/s1. The van der Waals surface area contributed by atoms with E-state index in [0.717, 1.165) is 42.0 Å². The van der Waals surface area contributed by atoms with Crippen LogP contribution in [0.15, 0.2) is 83.8 Å². The zero-order valence-corrected chi connectivity index (χ0v) is 18.7. The number of benzene rings is 3. The van der Waals surface area contributed by atoms with E-state index in [0.29, 0.717) is 6.54 Å². The van der Waals surface area contributed by atoms with Gasteiger partial charge >= 0.3 is 0 Å². The molecule has 0 unspecified atom stereocenters. The predicted octanol–water partition coefficient (Wildman–Crippen LogP) is 3.28. The highest BCUT2D eigenvalue weighted by atomic mass is 32.2. The van der Waals surface area contributed by atoms with Crippen LogP contribution in [0.5, 0.6) is 5.75 Å². The second-order valence-corrected chi connectivity index (χ2v) is 9.67. The Morgan fingerprint density at radius 1 is 0.969 bits per heavy atom. The Labute approximate surface area is 189 Å². The SMILES string of the molecule is O=S(=O)(N[C@@H]1CCN(Cc2cccc(OCCO)c2)C1)c1ccc(-c2ccccc2)cc1. The van der Waals surface area contributed by atoms with Gasteiger partial charge in [-0.3, -0.25) is 4.90 Å². The minimum Gasteiger partial charge on any atom is -0.491 e.